The van der Waals surface area contributed by atoms with E-state index in [4.69, 9.17) is 15.2 Å². The number of nitrogens with one attached hydrogen (secondary N) is 1. The predicted molar refractivity (Wildman–Crippen MR) is 100 cm³/mol. The number of cyclic esters (lactones) is 1. The fourth-order valence-corrected chi connectivity index (χ4v) is 2.18. The van der Waals surface area contributed by atoms with Gasteiger partial charge in [-0.25, -0.2) is 9.79 Å². The number of benzene rings is 1. The molecular weight excluding hydrogens is 411 g/mol. The van der Waals surface area contributed by atoms with Gasteiger partial charge in [-0.15, -0.1) is 24.0 Å². The second-order valence-corrected chi connectivity index (χ2v) is 5.13. The van der Waals surface area contributed by atoms with Crippen molar-refractivity contribution >= 4 is 41.7 Å². The van der Waals surface area contributed by atoms with Gasteiger partial charge in [-0.3, -0.25) is 4.90 Å². The fraction of sp³-hybridized carbons (Fsp3) is 0.467. The number of carbonyl (C=O) groups excluding carboxylic acids is 1. The van der Waals surface area contributed by atoms with Crippen molar-refractivity contribution in [3.05, 3.63) is 29.8 Å². The highest BCUT2D eigenvalue weighted by Gasteiger charge is 2.23. The third-order valence-corrected chi connectivity index (χ3v) is 3.25. The summed E-state index contributed by atoms with van der Waals surface area (Å²) < 4.78 is 9.94. The molecule has 1 unspecified atom stereocenters. The Morgan fingerprint density at radius 1 is 1.48 bits per heavy atom. The van der Waals surface area contributed by atoms with E-state index in [1.165, 1.54) is 0 Å². The monoisotopic (exact) mass is 434 g/mol. The molecule has 1 aromatic carbocycles. The number of nitrogens with zero attached hydrogens (tertiary/aromatic N) is 2. The number of halogens is 1. The molecule has 128 valence electrons. The molecule has 1 aromatic rings. The number of rotatable bonds is 6. The Hall–Kier alpha value is -1.55. The summed E-state index contributed by atoms with van der Waals surface area (Å²) in [5.41, 5.74) is 7.66. The molecule has 2 rings (SSSR count). The Kier molecular flexibility index (Phi) is 8.10. The van der Waals surface area contributed by atoms with Gasteiger partial charge in [0.2, 0.25) is 0 Å². The summed E-state index contributed by atoms with van der Waals surface area (Å²) in [7, 11) is 1.64. The molecule has 1 heterocycles. The molecule has 0 saturated carbocycles. The molecule has 0 aliphatic carbocycles. The first-order valence-electron chi connectivity index (χ1n) is 7.18. The molecule has 23 heavy (non-hydrogen) atoms. The van der Waals surface area contributed by atoms with E-state index < -0.39 is 0 Å². The van der Waals surface area contributed by atoms with Gasteiger partial charge >= 0.3 is 6.09 Å². The van der Waals surface area contributed by atoms with Crippen LogP contribution in [-0.2, 0) is 16.0 Å². The number of carbonyl (C=O) groups is 1. The van der Waals surface area contributed by atoms with E-state index in [2.05, 4.69) is 10.3 Å². The second kappa shape index (κ2) is 9.56. The maximum atomic E-state index is 11.5. The molecule has 1 aliphatic heterocycles. The fourth-order valence-electron chi connectivity index (χ4n) is 2.18. The molecule has 0 spiro atoms. The average molecular weight is 434 g/mol. The lowest BCUT2D eigenvalue weighted by molar-refractivity contribution is 0.179. The smallest absolute Gasteiger partial charge is 0.414 e. The minimum absolute atomic E-state index is 0. The predicted octanol–water partition coefficient (Wildman–Crippen LogP) is 1.70. The number of guanidine groups is 1. The van der Waals surface area contributed by atoms with Crippen molar-refractivity contribution in [1.29, 1.82) is 0 Å². The SMILES string of the molecule is COCC(C)NC(N)=NCc1ccc(N2CCOC2=O)cc1.I. The van der Waals surface area contributed by atoms with E-state index in [0.29, 0.717) is 32.3 Å². The van der Waals surface area contributed by atoms with Crippen molar-refractivity contribution in [1.82, 2.24) is 5.32 Å². The summed E-state index contributed by atoms with van der Waals surface area (Å²) >= 11 is 0. The molecule has 0 aromatic heterocycles. The molecule has 0 bridgehead atoms. The number of hydrogen-bond acceptors (Lipinski definition) is 4. The van der Waals surface area contributed by atoms with Crippen molar-refractivity contribution in [3.63, 3.8) is 0 Å². The Labute approximate surface area is 153 Å². The van der Waals surface area contributed by atoms with Crippen molar-refractivity contribution in [3.8, 4) is 0 Å². The number of aliphatic imine (C=N–C) groups is 1. The van der Waals surface area contributed by atoms with E-state index in [9.17, 15) is 4.79 Å². The molecule has 1 saturated heterocycles. The average Bonchev–Trinajstić information content (AvgIpc) is 2.92. The van der Waals surface area contributed by atoms with Crippen LogP contribution < -0.4 is 16.0 Å². The molecule has 8 heteroatoms. The number of nitrogens with two attached hydrogens (primary N) is 1. The van der Waals surface area contributed by atoms with Crippen LogP contribution in [0.4, 0.5) is 10.5 Å². The maximum Gasteiger partial charge on any atom is 0.414 e. The first-order valence-corrected chi connectivity index (χ1v) is 7.18. The van der Waals surface area contributed by atoms with Crippen LogP contribution in [0.15, 0.2) is 29.3 Å². The van der Waals surface area contributed by atoms with Gasteiger partial charge in [0, 0.05) is 18.8 Å². The lowest BCUT2D eigenvalue weighted by atomic mass is 10.2. The number of amides is 1. The zero-order valence-corrected chi connectivity index (χ0v) is 15.7. The minimum atomic E-state index is -0.300. The first-order chi connectivity index (χ1) is 10.6. The van der Waals surface area contributed by atoms with E-state index in [0.717, 1.165) is 11.3 Å². The van der Waals surface area contributed by atoms with E-state index >= 15 is 0 Å². The van der Waals surface area contributed by atoms with Gasteiger partial charge in [0.1, 0.15) is 6.61 Å². The van der Waals surface area contributed by atoms with Crippen molar-refractivity contribution in [2.75, 3.05) is 31.8 Å². The van der Waals surface area contributed by atoms with Crippen LogP contribution in [0, 0.1) is 0 Å². The lowest BCUT2D eigenvalue weighted by Gasteiger charge is -2.14. The molecule has 7 nitrogen and oxygen atoms in total. The topological polar surface area (TPSA) is 89.2 Å². The molecule has 3 N–H and O–H groups in total. The quantitative estimate of drug-likeness (QED) is 0.404. The zero-order chi connectivity index (χ0) is 15.9. The largest absolute Gasteiger partial charge is 0.447 e. The highest BCUT2D eigenvalue weighted by molar-refractivity contribution is 14.0. The van der Waals surface area contributed by atoms with Gasteiger partial charge in [0.25, 0.3) is 0 Å². The molecular formula is C15H23IN4O3. The number of hydrogen-bond donors (Lipinski definition) is 2. The summed E-state index contributed by atoms with van der Waals surface area (Å²) in [5, 5.41) is 3.05. The molecule has 0 radical (unpaired) electrons. The third-order valence-electron chi connectivity index (χ3n) is 3.25. The maximum absolute atomic E-state index is 11.5. The van der Waals surface area contributed by atoms with Crippen LogP contribution in [0.1, 0.15) is 12.5 Å². The first kappa shape index (κ1) is 19.5. The molecule has 1 aliphatic rings. The van der Waals surface area contributed by atoms with Crippen molar-refractivity contribution in [2.45, 2.75) is 19.5 Å². The summed E-state index contributed by atoms with van der Waals surface area (Å²) in [6, 6.07) is 7.73. The summed E-state index contributed by atoms with van der Waals surface area (Å²) in [5.74, 6) is 0.386. The van der Waals surface area contributed by atoms with Gasteiger partial charge in [-0.2, -0.15) is 0 Å². The van der Waals surface area contributed by atoms with Crippen LogP contribution >= 0.6 is 24.0 Å². The summed E-state index contributed by atoms with van der Waals surface area (Å²) in [4.78, 5) is 17.4. The van der Waals surface area contributed by atoms with E-state index in [1.54, 1.807) is 12.0 Å². The van der Waals surface area contributed by atoms with Crippen molar-refractivity contribution < 1.29 is 14.3 Å². The van der Waals surface area contributed by atoms with Crippen LogP contribution in [0.5, 0.6) is 0 Å². The van der Waals surface area contributed by atoms with Crippen molar-refractivity contribution in [2.24, 2.45) is 10.7 Å². The Morgan fingerprint density at radius 2 is 2.17 bits per heavy atom. The van der Waals surface area contributed by atoms with Gasteiger partial charge in [0.05, 0.1) is 19.7 Å². The van der Waals surface area contributed by atoms with E-state index in [-0.39, 0.29) is 36.1 Å². The number of ether oxygens (including phenoxy) is 2. The van der Waals surface area contributed by atoms with Gasteiger partial charge < -0.3 is 20.5 Å². The number of methoxy groups -OCH3 is 1. The Balaban J connectivity index is 0.00000264. The highest BCUT2D eigenvalue weighted by atomic mass is 127. The Bertz CT molecular complexity index is 536. The zero-order valence-electron chi connectivity index (χ0n) is 13.3. The van der Waals surface area contributed by atoms with E-state index in [1.807, 2.05) is 31.2 Å². The summed E-state index contributed by atoms with van der Waals surface area (Å²) in [6.07, 6.45) is -0.300. The third kappa shape index (κ3) is 5.87. The molecule has 1 fully saturated rings. The van der Waals surface area contributed by atoms with Gasteiger partial charge in [-0.05, 0) is 24.6 Å². The standard InChI is InChI=1S/C15H22N4O3.HI/c1-11(10-21-2)18-14(16)17-9-12-3-5-13(6-4-12)19-7-8-22-15(19)20;/h3-6,11H,7-10H2,1-2H3,(H3,16,17,18);1H. The second-order valence-electron chi connectivity index (χ2n) is 5.13. The van der Waals surface area contributed by atoms with Crippen LogP contribution in [0.3, 0.4) is 0 Å². The minimum Gasteiger partial charge on any atom is -0.447 e. The van der Waals surface area contributed by atoms with Crippen LogP contribution in [0.2, 0.25) is 0 Å². The van der Waals surface area contributed by atoms with Gasteiger partial charge in [0.15, 0.2) is 5.96 Å². The van der Waals surface area contributed by atoms with Crippen LogP contribution in [0.25, 0.3) is 0 Å². The summed E-state index contributed by atoms with van der Waals surface area (Å²) in [6.45, 7) is 4.03. The highest BCUT2D eigenvalue weighted by Crippen LogP contribution is 2.19. The van der Waals surface area contributed by atoms with Crippen LogP contribution in [-0.4, -0.2) is 45.0 Å². The Morgan fingerprint density at radius 3 is 2.74 bits per heavy atom. The number of anilines is 1. The molecule has 1 atom stereocenters. The lowest BCUT2D eigenvalue weighted by Crippen LogP contribution is -2.40. The van der Waals surface area contributed by atoms with Gasteiger partial charge in [-0.1, -0.05) is 12.1 Å². The molecule has 1 amide bonds. The normalized spacial score (nSPS) is 15.8.